The highest BCUT2D eigenvalue weighted by atomic mass is 35.5. The second-order valence-corrected chi connectivity index (χ2v) is 6.66. The van der Waals surface area contributed by atoms with Gasteiger partial charge in [-0.25, -0.2) is 8.42 Å². The molecule has 110 valence electrons. The van der Waals surface area contributed by atoms with E-state index in [1.807, 2.05) is 0 Å². The molecule has 0 spiro atoms. The number of rotatable bonds is 5. The van der Waals surface area contributed by atoms with Gasteiger partial charge in [0.2, 0.25) is 10.0 Å². The number of halogens is 1. The highest BCUT2D eigenvalue weighted by Crippen LogP contribution is 2.29. The summed E-state index contributed by atoms with van der Waals surface area (Å²) in [6.07, 6.45) is 0. The predicted molar refractivity (Wildman–Crippen MR) is 74.3 cm³/mol. The van der Waals surface area contributed by atoms with Crippen LogP contribution < -0.4 is 5.32 Å². The van der Waals surface area contributed by atoms with Crippen molar-refractivity contribution in [1.29, 1.82) is 0 Å². The Morgan fingerprint density at radius 1 is 1.50 bits per heavy atom. The van der Waals surface area contributed by atoms with Crippen LogP contribution in [-0.4, -0.2) is 43.3 Å². The molecule has 7 nitrogen and oxygen atoms in total. The number of likely N-dealkylation sites (N-methyl/N-ethyl adjacent to an activating group) is 1. The third-order valence-electron chi connectivity index (χ3n) is 3.19. The van der Waals surface area contributed by atoms with Crippen LogP contribution in [0.15, 0.2) is 23.1 Å². The topological polar surface area (TPSA) is 92.6 Å². The molecule has 0 saturated carbocycles. The molecular formula is C11H14ClN3O4S. The number of nitrogens with one attached hydrogen (secondary N) is 1. The fourth-order valence-corrected chi connectivity index (χ4v) is 4.19. The van der Waals surface area contributed by atoms with Gasteiger partial charge in [-0.05, 0) is 6.07 Å². The summed E-state index contributed by atoms with van der Waals surface area (Å²) in [7, 11) is -3.75. The zero-order valence-corrected chi connectivity index (χ0v) is 12.3. The summed E-state index contributed by atoms with van der Waals surface area (Å²) in [6, 6.07) is 3.29. The zero-order chi connectivity index (χ0) is 14.9. The van der Waals surface area contributed by atoms with Crippen molar-refractivity contribution in [2.45, 2.75) is 17.9 Å². The van der Waals surface area contributed by atoms with Crippen molar-refractivity contribution >= 4 is 27.3 Å². The van der Waals surface area contributed by atoms with E-state index >= 15 is 0 Å². The minimum absolute atomic E-state index is 0.0986. The van der Waals surface area contributed by atoms with E-state index < -0.39 is 14.9 Å². The molecular weight excluding hydrogens is 306 g/mol. The van der Waals surface area contributed by atoms with Crippen LogP contribution in [0.3, 0.4) is 0 Å². The number of non-ortho nitro benzene ring substituents is 1. The molecule has 1 N–H and O–H groups in total. The average molecular weight is 320 g/mol. The van der Waals surface area contributed by atoms with E-state index in [2.05, 4.69) is 5.32 Å². The van der Waals surface area contributed by atoms with Crippen molar-refractivity contribution in [1.82, 2.24) is 9.62 Å². The molecule has 1 aliphatic rings. The Kier molecular flexibility index (Phi) is 4.28. The van der Waals surface area contributed by atoms with E-state index in [9.17, 15) is 18.5 Å². The Hall–Kier alpha value is -1.22. The summed E-state index contributed by atoms with van der Waals surface area (Å²) < 4.78 is 26.4. The van der Waals surface area contributed by atoms with Gasteiger partial charge in [0.25, 0.3) is 5.69 Å². The molecule has 0 amide bonds. The zero-order valence-electron chi connectivity index (χ0n) is 10.7. The summed E-state index contributed by atoms with van der Waals surface area (Å²) in [5.74, 6) is 0. The van der Waals surface area contributed by atoms with Crippen molar-refractivity contribution in [3.63, 3.8) is 0 Å². The van der Waals surface area contributed by atoms with Gasteiger partial charge in [0.15, 0.2) is 0 Å². The monoisotopic (exact) mass is 319 g/mol. The Labute approximate surface area is 121 Å². The normalized spacial score (nSPS) is 16.1. The molecule has 9 heteroatoms. The molecule has 0 unspecified atom stereocenters. The van der Waals surface area contributed by atoms with Gasteiger partial charge in [0.1, 0.15) is 4.90 Å². The van der Waals surface area contributed by atoms with E-state index in [4.69, 9.17) is 11.6 Å². The lowest BCUT2D eigenvalue weighted by Crippen LogP contribution is -2.58. The average Bonchev–Trinajstić information content (AvgIpc) is 2.32. The number of hydrogen-bond donors (Lipinski definition) is 1. The highest BCUT2D eigenvalue weighted by molar-refractivity contribution is 7.89. The second-order valence-electron chi connectivity index (χ2n) is 4.39. The lowest BCUT2D eigenvalue weighted by Gasteiger charge is -2.36. The third-order valence-corrected chi connectivity index (χ3v) is 5.70. The molecule has 1 saturated heterocycles. The Bertz CT molecular complexity index is 631. The number of nitro benzene ring substituents is 1. The molecule has 1 heterocycles. The number of nitrogens with zero attached hydrogens (tertiary/aromatic N) is 2. The second kappa shape index (κ2) is 5.65. The predicted octanol–water partition coefficient (Wildman–Crippen LogP) is 1.23. The fraction of sp³-hybridized carbons (Fsp3) is 0.455. The number of nitro groups is 1. The molecule has 1 aromatic carbocycles. The van der Waals surface area contributed by atoms with Gasteiger partial charge in [-0.15, -0.1) is 0 Å². The molecule has 0 radical (unpaired) electrons. The van der Waals surface area contributed by atoms with Crippen molar-refractivity contribution in [3.05, 3.63) is 33.3 Å². The van der Waals surface area contributed by atoms with E-state index in [0.717, 1.165) is 12.1 Å². The SMILES string of the molecule is CCN(C1CNC1)S(=O)(=O)c1ccc([N+](=O)[O-])cc1Cl. The summed E-state index contributed by atoms with van der Waals surface area (Å²) in [5, 5.41) is 13.5. The van der Waals surface area contributed by atoms with Gasteiger partial charge in [0, 0.05) is 31.8 Å². The van der Waals surface area contributed by atoms with E-state index in [1.165, 1.54) is 10.4 Å². The summed E-state index contributed by atoms with van der Waals surface area (Å²) in [6.45, 7) is 3.26. The first-order valence-electron chi connectivity index (χ1n) is 6.04. The minimum atomic E-state index is -3.75. The Morgan fingerprint density at radius 3 is 2.55 bits per heavy atom. The lowest BCUT2D eigenvalue weighted by molar-refractivity contribution is -0.384. The van der Waals surface area contributed by atoms with E-state index in [-0.39, 0.29) is 21.6 Å². The molecule has 0 aromatic heterocycles. The third kappa shape index (κ3) is 2.64. The maximum absolute atomic E-state index is 12.5. The van der Waals surface area contributed by atoms with Gasteiger partial charge < -0.3 is 5.32 Å². The standard InChI is InChI=1S/C11H14ClN3O4S/c1-2-14(9-6-13-7-9)20(18,19)11-4-3-8(15(16)17)5-10(11)12/h3-5,9,13H,2,6-7H2,1H3. The first-order valence-corrected chi connectivity index (χ1v) is 7.86. The molecule has 0 aliphatic carbocycles. The number of hydrogen-bond acceptors (Lipinski definition) is 5. The maximum atomic E-state index is 12.5. The minimum Gasteiger partial charge on any atom is -0.313 e. The van der Waals surface area contributed by atoms with E-state index in [0.29, 0.717) is 19.6 Å². The molecule has 0 atom stereocenters. The van der Waals surface area contributed by atoms with Gasteiger partial charge in [-0.3, -0.25) is 10.1 Å². The van der Waals surface area contributed by atoms with Crippen LogP contribution in [-0.2, 0) is 10.0 Å². The van der Waals surface area contributed by atoms with Crippen LogP contribution in [0.25, 0.3) is 0 Å². The molecule has 1 aromatic rings. The van der Waals surface area contributed by atoms with Crippen molar-refractivity contribution < 1.29 is 13.3 Å². The molecule has 0 bridgehead atoms. The van der Waals surface area contributed by atoms with Crippen LogP contribution in [0, 0.1) is 10.1 Å². The number of sulfonamides is 1. The van der Waals surface area contributed by atoms with Gasteiger partial charge in [0.05, 0.1) is 16.0 Å². The van der Waals surface area contributed by atoms with Crippen molar-refractivity contribution in [3.8, 4) is 0 Å². The Morgan fingerprint density at radius 2 is 2.15 bits per heavy atom. The van der Waals surface area contributed by atoms with Gasteiger partial charge >= 0.3 is 0 Å². The quantitative estimate of drug-likeness (QED) is 0.651. The lowest BCUT2D eigenvalue weighted by atomic mass is 10.2. The van der Waals surface area contributed by atoms with Gasteiger partial charge in [-0.2, -0.15) is 4.31 Å². The summed E-state index contributed by atoms with van der Waals surface area (Å²) in [4.78, 5) is 9.93. The Balaban J connectivity index is 2.40. The smallest absolute Gasteiger partial charge is 0.271 e. The van der Waals surface area contributed by atoms with Crippen molar-refractivity contribution in [2.24, 2.45) is 0 Å². The number of benzene rings is 1. The van der Waals surface area contributed by atoms with E-state index in [1.54, 1.807) is 6.92 Å². The summed E-state index contributed by atoms with van der Waals surface area (Å²) >= 11 is 5.90. The highest BCUT2D eigenvalue weighted by Gasteiger charge is 2.35. The van der Waals surface area contributed by atoms with Gasteiger partial charge in [-0.1, -0.05) is 18.5 Å². The molecule has 1 aliphatic heterocycles. The summed E-state index contributed by atoms with van der Waals surface area (Å²) in [5.41, 5.74) is -0.234. The largest absolute Gasteiger partial charge is 0.313 e. The maximum Gasteiger partial charge on any atom is 0.271 e. The van der Waals surface area contributed by atoms with Crippen LogP contribution in [0.2, 0.25) is 5.02 Å². The van der Waals surface area contributed by atoms with Crippen LogP contribution in [0.4, 0.5) is 5.69 Å². The fourth-order valence-electron chi connectivity index (χ4n) is 2.04. The first kappa shape index (κ1) is 15.2. The molecule has 1 fully saturated rings. The van der Waals surface area contributed by atoms with Crippen LogP contribution in [0.1, 0.15) is 6.92 Å². The van der Waals surface area contributed by atoms with Crippen LogP contribution >= 0.6 is 11.6 Å². The van der Waals surface area contributed by atoms with Crippen molar-refractivity contribution in [2.75, 3.05) is 19.6 Å². The first-order chi connectivity index (χ1) is 9.37. The molecule has 2 rings (SSSR count). The molecule has 20 heavy (non-hydrogen) atoms. The van der Waals surface area contributed by atoms with Crippen LogP contribution in [0.5, 0.6) is 0 Å².